The van der Waals surface area contributed by atoms with E-state index in [4.69, 9.17) is 17.0 Å². The Bertz CT molecular complexity index is 1200. The lowest BCUT2D eigenvalue weighted by atomic mass is 9.95. The number of amides is 1. The van der Waals surface area contributed by atoms with E-state index >= 15 is 0 Å². The first-order valence-electron chi connectivity index (χ1n) is 11.5. The molecule has 2 aliphatic rings. The van der Waals surface area contributed by atoms with E-state index in [1.165, 1.54) is 0 Å². The average Bonchev–Trinajstić information content (AvgIpc) is 3.45. The van der Waals surface area contributed by atoms with Crippen molar-refractivity contribution in [3.8, 4) is 17.2 Å². The highest BCUT2D eigenvalue weighted by Gasteiger charge is 2.30. The number of aliphatic hydroxyl groups excluding tert-OH is 1. The van der Waals surface area contributed by atoms with Crippen molar-refractivity contribution in [3.05, 3.63) is 71.0 Å². The summed E-state index contributed by atoms with van der Waals surface area (Å²) in [7, 11) is 0. The van der Waals surface area contributed by atoms with E-state index in [1.54, 1.807) is 16.9 Å². The summed E-state index contributed by atoms with van der Waals surface area (Å²) in [5.41, 5.74) is 3.62. The zero-order valence-corrected chi connectivity index (χ0v) is 17.6. The molecule has 0 aliphatic carbocycles. The van der Waals surface area contributed by atoms with Crippen LogP contribution in [0.3, 0.4) is 0 Å². The minimum Gasteiger partial charge on any atom is -0.453 e. The van der Waals surface area contributed by atoms with Crippen molar-refractivity contribution >= 4 is 5.91 Å². The molecule has 0 bridgehead atoms. The van der Waals surface area contributed by atoms with Gasteiger partial charge in [-0.1, -0.05) is 12.1 Å². The van der Waals surface area contributed by atoms with Gasteiger partial charge in [0, 0.05) is 19.0 Å². The van der Waals surface area contributed by atoms with Gasteiger partial charge in [0.1, 0.15) is 2.74 Å². The number of aromatic nitrogens is 2. The Labute approximate surface area is 188 Å². The zero-order chi connectivity index (χ0) is 23.9. The van der Waals surface area contributed by atoms with Crippen LogP contribution < -0.4 is 14.8 Å². The zero-order valence-electron chi connectivity index (χ0n) is 19.6. The van der Waals surface area contributed by atoms with E-state index in [0.29, 0.717) is 25.0 Å². The first-order chi connectivity index (χ1) is 16.3. The molecule has 1 amide bonds. The SMILES string of the molecule is [2H]C1([2H])Oc2c(C(=O)N[C@H]3CCOC[C@@H]3O)cc(Cc3ccc(-n4cccn4)cc3)c(C)c2O1. The predicted octanol–water partition coefficient (Wildman–Crippen LogP) is 2.38. The summed E-state index contributed by atoms with van der Waals surface area (Å²) < 4.78 is 33.6. The molecule has 0 unspecified atom stereocenters. The maximum atomic E-state index is 13.2. The monoisotopic (exact) mass is 437 g/mol. The van der Waals surface area contributed by atoms with Crippen LogP contribution in [0.25, 0.3) is 5.69 Å². The van der Waals surface area contributed by atoms with Gasteiger partial charge in [-0.2, -0.15) is 5.10 Å². The van der Waals surface area contributed by atoms with E-state index in [1.807, 2.05) is 43.5 Å². The summed E-state index contributed by atoms with van der Waals surface area (Å²) in [5, 5.41) is 17.2. The summed E-state index contributed by atoms with van der Waals surface area (Å²) in [5.74, 6) is -0.175. The van der Waals surface area contributed by atoms with Gasteiger partial charge < -0.3 is 24.6 Å². The van der Waals surface area contributed by atoms with Crippen LogP contribution in [0.4, 0.5) is 0 Å². The molecule has 3 heterocycles. The Kier molecular flexibility index (Phi) is 4.93. The molecule has 0 radical (unpaired) electrons. The standard InChI is InChI=1S/C24H25N3O5/c1-15-17(11-16-3-5-18(6-4-16)27-9-2-8-25-27)12-19(23-22(15)31-14-32-23)24(29)26-20-7-10-30-13-21(20)28/h2-6,8-9,12,20-21,28H,7,10-11,13-14H2,1H3,(H,26,29)/t20-,21-/m0/s1/i14D2. The van der Waals surface area contributed by atoms with Crippen LogP contribution in [-0.2, 0) is 11.2 Å². The van der Waals surface area contributed by atoms with Crippen LogP contribution in [0.5, 0.6) is 11.5 Å². The second-order valence-corrected chi connectivity index (χ2v) is 7.96. The Morgan fingerprint density at radius 3 is 2.88 bits per heavy atom. The number of aliphatic hydroxyl groups is 1. The number of carbonyl (C=O) groups excluding carboxylic acids is 1. The fourth-order valence-corrected chi connectivity index (χ4v) is 4.01. The highest BCUT2D eigenvalue weighted by atomic mass is 16.7. The van der Waals surface area contributed by atoms with Crippen molar-refractivity contribution in [2.24, 2.45) is 0 Å². The molecule has 2 aliphatic heterocycles. The van der Waals surface area contributed by atoms with Gasteiger partial charge in [0.25, 0.3) is 5.91 Å². The molecule has 1 aromatic heterocycles. The molecular weight excluding hydrogens is 410 g/mol. The maximum absolute atomic E-state index is 13.2. The number of ether oxygens (including phenoxy) is 3. The lowest BCUT2D eigenvalue weighted by Crippen LogP contribution is -2.48. The van der Waals surface area contributed by atoms with Crippen molar-refractivity contribution < 1.29 is 26.9 Å². The van der Waals surface area contributed by atoms with Crippen LogP contribution in [0, 0.1) is 6.92 Å². The third-order valence-corrected chi connectivity index (χ3v) is 5.87. The van der Waals surface area contributed by atoms with Crippen molar-refractivity contribution in [3.63, 3.8) is 0 Å². The topological polar surface area (TPSA) is 94.8 Å². The molecule has 3 aromatic rings. The fraction of sp³-hybridized carbons (Fsp3) is 0.333. The molecular formula is C24H25N3O5. The van der Waals surface area contributed by atoms with Gasteiger partial charge in [0.2, 0.25) is 6.75 Å². The first-order valence-corrected chi connectivity index (χ1v) is 10.5. The summed E-state index contributed by atoms with van der Waals surface area (Å²) in [4.78, 5) is 13.2. The number of hydrogen-bond acceptors (Lipinski definition) is 6. The van der Waals surface area contributed by atoms with Gasteiger partial charge in [-0.05, 0) is 60.7 Å². The fourth-order valence-electron chi connectivity index (χ4n) is 4.01. The molecule has 166 valence electrons. The summed E-state index contributed by atoms with van der Waals surface area (Å²) in [6.45, 7) is 0.0418. The highest BCUT2D eigenvalue weighted by molar-refractivity contribution is 5.98. The van der Waals surface area contributed by atoms with E-state index < -0.39 is 24.8 Å². The van der Waals surface area contributed by atoms with Gasteiger partial charge in [-0.15, -0.1) is 0 Å². The summed E-state index contributed by atoms with van der Waals surface area (Å²) >= 11 is 0. The number of rotatable bonds is 5. The van der Waals surface area contributed by atoms with Crippen molar-refractivity contribution in [1.82, 2.24) is 15.1 Å². The number of nitrogens with one attached hydrogen (secondary N) is 1. The molecule has 0 spiro atoms. The first kappa shape index (κ1) is 18.2. The van der Waals surface area contributed by atoms with Crippen LogP contribution >= 0.6 is 0 Å². The Morgan fingerprint density at radius 1 is 1.31 bits per heavy atom. The number of hydrogen-bond donors (Lipinski definition) is 2. The third kappa shape index (κ3) is 3.94. The smallest absolute Gasteiger partial charge is 0.255 e. The highest BCUT2D eigenvalue weighted by Crippen LogP contribution is 2.41. The number of fused-ring (bicyclic) bond motifs is 1. The van der Waals surface area contributed by atoms with Crippen molar-refractivity contribution in [2.75, 3.05) is 20.0 Å². The van der Waals surface area contributed by atoms with Crippen LogP contribution in [0.15, 0.2) is 48.8 Å². The van der Waals surface area contributed by atoms with Gasteiger partial charge in [0.05, 0.1) is 30.0 Å². The minimum absolute atomic E-state index is 0.0688. The molecule has 1 saturated heterocycles. The third-order valence-electron chi connectivity index (χ3n) is 5.87. The molecule has 5 rings (SSSR count). The quantitative estimate of drug-likeness (QED) is 0.637. The van der Waals surface area contributed by atoms with Gasteiger partial charge in [-0.3, -0.25) is 4.79 Å². The number of benzene rings is 2. The van der Waals surface area contributed by atoms with E-state index in [9.17, 15) is 9.90 Å². The van der Waals surface area contributed by atoms with E-state index in [2.05, 4.69) is 10.4 Å². The maximum Gasteiger partial charge on any atom is 0.255 e. The summed E-state index contributed by atoms with van der Waals surface area (Å²) in [6, 6.07) is 11.0. The molecule has 32 heavy (non-hydrogen) atoms. The molecule has 0 saturated carbocycles. The van der Waals surface area contributed by atoms with E-state index in [-0.39, 0.29) is 23.7 Å². The van der Waals surface area contributed by atoms with Gasteiger partial charge >= 0.3 is 0 Å². The van der Waals surface area contributed by atoms with Gasteiger partial charge in [0.15, 0.2) is 11.5 Å². The van der Waals surface area contributed by atoms with Crippen molar-refractivity contribution in [1.29, 1.82) is 0 Å². The van der Waals surface area contributed by atoms with Crippen LogP contribution in [-0.4, -0.2) is 52.9 Å². The normalized spacial score (nSPS) is 22.2. The van der Waals surface area contributed by atoms with Crippen LogP contribution in [0.2, 0.25) is 0 Å². The number of carbonyl (C=O) groups is 1. The van der Waals surface area contributed by atoms with Crippen molar-refractivity contribution in [2.45, 2.75) is 31.9 Å². The lowest BCUT2D eigenvalue weighted by Gasteiger charge is -2.28. The van der Waals surface area contributed by atoms with Crippen LogP contribution in [0.1, 0.15) is 36.2 Å². The largest absolute Gasteiger partial charge is 0.453 e. The molecule has 8 nitrogen and oxygen atoms in total. The summed E-state index contributed by atoms with van der Waals surface area (Å²) in [6.07, 6.45) is 3.76. The average molecular weight is 437 g/mol. The molecule has 8 heteroatoms. The Balaban J connectivity index is 1.45. The Morgan fingerprint density at radius 2 is 2.12 bits per heavy atom. The molecule has 2 N–H and O–H groups in total. The molecule has 2 atom stereocenters. The molecule has 1 fully saturated rings. The van der Waals surface area contributed by atoms with E-state index in [0.717, 1.165) is 16.8 Å². The Hall–Kier alpha value is -3.36. The second kappa shape index (κ2) is 8.64. The van der Waals surface area contributed by atoms with Gasteiger partial charge in [-0.25, -0.2) is 4.68 Å². The second-order valence-electron chi connectivity index (χ2n) is 7.96. The number of nitrogens with zero attached hydrogens (tertiary/aromatic N) is 2. The predicted molar refractivity (Wildman–Crippen MR) is 116 cm³/mol. The minimum atomic E-state index is -2.37. The molecule has 2 aromatic carbocycles. The lowest BCUT2D eigenvalue weighted by molar-refractivity contribution is -0.0261.